The van der Waals surface area contributed by atoms with Crippen molar-refractivity contribution < 1.29 is 13.2 Å². The molecule has 2 aromatic carbocycles. The summed E-state index contributed by atoms with van der Waals surface area (Å²) >= 11 is 0. The summed E-state index contributed by atoms with van der Waals surface area (Å²) in [7, 11) is 0. The predicted molar refractivity (Wildman–Crippen MR) is 197 cm³/mol. The first kappa shape index (κ1) is 48.4. The van der Waals surface area contributed by atoms with Gasteiger partial charge in [-0.25, -0.2) is 0 Å². The molecule has 0 aliphatic heterocycles. The Morgan fingerprint density at radius 1 is 0.864 bits per heavy atom. The van der Waals surface area contributed by atoms with E-state index in [4.69, 9.17) is 0 Å². The lowest BCUT2D eigenvalue weighted by Crippen LogP contribution is -2.19. The molecule has 0 saturated carbocycles. The van der Waals surface area contributed by atoms with Crippen molar-refractivity contribution in [1.29, 1.82) is 0 Å². The number of alkyl halides is 3. The van der Waals surface area contributed by atoms with Crippen LogP contribution in [-0.2, 0) is 12.8 Å². The molecule has 0 aliphatic rings. The summed E-state index contributed by atoms with van der Waals surface area (Å²) in [5.41, 5.74) is 9.39. The van der Waals surface area contributed by atoms with Crippen LogP contribution in [0.1, 0.15) is 132 Å². The van der Waals surface area contributed by atoms with E-state index in [0.717, 1.165) is 24.3 Å². The first-order valence-electron chi connectivity index (χ1n) is 16.7. The van der Waals surface area contributed by atoms with Gasteiger partial charge in [-0.05, 0) is 87.6 Å². The number of hydrogen-bond donors (Lipinski definition) is 0. The molecule has 0 heterocycles. The zero-order valence-electron chi connectivity index (χ0n) is 31.1. The number of halogens is 3. The van der Waals surface area contributed by atoms with Crippen LogP contribution in [0.2, 0.25) is 0 Å². The number of rotatable bonds is 8. The molecular weight excluding hydrogens is 549 g/mol. The normalized spacial score (nSPS) is 10.9. The Morgan fingerprint density at radius 3 is 1.75 bits per heavy atom. The topological polar surface area (TPSA) is 0 Å². The van der Waals surface area contributed by atoms with Crippen molar-refractivity contribution in [2.45, 2.75) is 142 Å². The van der Waals surface area contributed by atoms with Gasteiger partial charge in [-0.1, -0.05) is 154 Å². The molecule has 3 heteroatoms. The van der Waals surface area contributed by atoms with Gasteiger partial charge in [0.15, 0.2) is 0 Å². The maximum absolute atomic E-state index is 11.8. The van der Waals surface area contributed by atoms with Crippen LogP contribution >= 0.6 is 0 Å². The Kier molecular flexibility index (Phi) is 33.5. The van der Waals surface area contributed by atoms with Crippen molar-refractivity contribution in [3.8, 4) is 11.1 Å². The highest BCUT2D eigenvalue weighted by molar-refractivity contribution is 5.68. The summed E-state index contributed by atoms with van der Waals surface area (Å²) in [6.07, 6.45) is 5.05. The number of aryl methyl sites for hydroxylation is 3. The molecule has 0 nitrogen and oxygen atoms in total. The Hall–Kier alpha value is -2.55. The lowest BCUT2D eigenvalue weighted by atomic mass is 9.95. The molecule has 0 saturated heterocycles. The average molecular weight is 619 g/mol. The first-order valence-corrected chi connectivity index (χ1v) is 16.7. The third-order valence-electron chi connectivity index (χ3n) is 6.14. The standard InChI is InChI=1S/C18H22.C7H13F3.C7H12.C4H10.C3H6.C2H6/c1-4-7-16-8-6-9-17(12-16)18-13-15(5-2)11-10-14(18)3;1-3-4-5-6(2)7(8,9)10;1-5-7(4)6(2)3;1-4(2)3;1-3-2;1-2/h6,8-13H,4-5,7H2,1-3H3;6H,3-5H2,1-2H3;5H,2H2,1,3-4H3;4H,1-3H3;3H,1H2,2H3;1-2H3/b;;7-5+;;;. The van der Waals surface area contributed by atoms with E-state index in [9.17, 15) is 13.2 Å². The van der Waals surface area contributed by atoms with Gasteiger partial charge in [0.25, 0.3) is 0 Å². The summed E-state index contributed by atoms with van der Waals surface area (Å²) in [6, 6.07) is 15.8. The smallest absolute Gasteiger partial charge is 0.171 e. The minimum absolute atomic E-state index is 0.264. The minimum atomic E-state index is -3.99. The van der Waals surface area contributed by atoms with Crippen molar-refractivity contribution in [1.82, 2.24) is 0 Å². The number of benzene rings is 2. The van der Waals surface area contributed by atoms with Gasteiger partial charge in [-0.3, -0.25) is 0 Å². The van der Waals surface area contributed by atoms with E-state index in [-0.39, 0.29) is 6.42 Å². The van der Waals surface area contributed by atoms with Crippen molar-refractivity contribution in [2.24, 2.45) is 11.8 Å². The largest absolute Gasteiger partial charge is 0.391 e. The number of unbranched alkanes of at least 4 members (excludes halogenated alkanes) is 1. The quantitative estimate of drug-likeness (QED) is 0.204. The molecule has 1 atom stereocenters. The van der Waals surface area contributed by atoms with E-state index in [1.54, 1.807) is 6.08 Å². The van der Waals surface area contributed by atoms with E-state index in [1.807, 2.05) is 41.5 Å². The average Bonchev–Trinajstić information content (AvgIpc) is 2.97. The monoisotopic (exact) mass is 619 g/mol. The molecule has 0 radical (unpaired) electrons. The van der Waals surface area contributed by atoms with E-state index >= 15 is 0 Å². The summed E-state index contributed by atoms with van der Waals surface area (Å²) < 4.78 is 35.3. The molecule has 254 valence electrons. The molecule has 0 spiro atoms. The molecule has 0 fully saturated rings. The number of allylic oxidation sites excluding steroid dienone is 4. The van der Waals surface area contributed by atoms with Crippen LogP contribution in [-0.4, -0.2) is 6.18 Å². The summed E-state index contributed by atoms with van der Waals surface area (Å²) in [5, 5.41) is 0. The van der Waals surface area contributed by atoms with E-state index in [1.165, 1.54) is 53.2 Å². The van der Waals surface area contributed by atoms with Crippen molar-refractivity contribution in [2.75, 3.05) is 0 Å². The SMILES string of the molecule is C=C(C)/C(C)=C/C.C=CC.CC.CC(C)C.CCCCC(C)C(F)(F)F.CCCc1cccc(-c2cc(CC)ccc2C)c1. The van der Waals surface area contributed by atoms with Gasteiger partial charge in [-0.2, -0.15) is 13.2 Å². The summed E-state index contributed by atoms with van der Waals surface area (Å²) in [5.74, 6) is -0.299. The summed E-state index contributed by atoms with van der Waals surface area (Å²) in [6.45, 7) is 35.4. The first-order chi connectivity index (χ1) is 20.5. The Labute approximate surface area is 273 Å². The van der Waals surface area contributed by atoms with Crippen LogP contribution in [0.5, 0.6) is 0 Å². The zero-order chi connectivity index (χ0) is 35.3. The fraction of sp³-hybridized carbons (Fsp3) is 0.561. The summed E-state index contributed by atoms with van der Waals surface area (Å²) in [4.78, 5) is 0. The fourth-order valence-electron chi connectivity index (χ4n) is 3.30. The molecule has 0 N–H and O–H groups in total. The van der Waals surface area contributed by atoms with E-state index in [0.29, 0.717) is 6.42 Å². The molecule has 0 aliphatic carbocycles. The van der Waals surface area contributed by atoms with Crippen molar-refractivity contribution in [3.05, 3.63) is 95.6 Å². The third kappa shape index (κ3) is 28.2. The van der Waals surface area contributed by atoms with Crippen molar-refractivity contribution in [3.63, 3.8) is 0 Å². The van der Waals surface area contributed by atoms with Gasteiger partial charge >= 0.3 is 6.18 Å². The van der Waals surface area contributed by atoms with Gasteiger partial charge in [0.2, 0.25) is 0 Å². The maximum atomic E-state index is 11.8. The third-order valence-corrected chi connectivity index (χ3v) is 6.14. The molecular formula is C41H69F3. The van der Waals surface area contributed by atoms with Crippen LogP contribution in [0.4, 0.5) is 13.2 Å². The second-order valence-corrected chi connectivity index (χ2v) is 11.4. The van der Waals surface area contributed by atoms with Crippen LogP contribution in [0.15, 0.2) is 78.9 Å². The Balaban J connectivity index is -0.000000261. The van der Waals surface area contributed by atoms with E-state index < -0.39 is 12.1 Å². The lowest BCUT2D eigenvalue weighted by molar-refractivity contribution is -0.171. The Bertz CT molecular complexity index is 990. The maximum Gasteiger partial charge on any atom is 0.391 e. The second kappa shape index (κ2) is 30.5. The molecule has 44 heavy (non-hydrogen) atoms. The van der Waals surface area contributed by atoms with Gasteiger partial charge in [0.1, 0.15) is 0 Å². The van der Waals surface area contributed by atoms with Crippen LogP contribution < -0.4 is 0 Å². The van der Waals surface area contributed by atoms with Gasteiger partial charge in [0.05, 0.1) is 5.92 Å². The predicted octanol–water partition coefficient (Wildman–Crippen LogP) is 15.0. The van der Waals surface area contributed by atoms with Gasteiger partial charge in [0, 0.05) is 0 Å². The fourth-order valence-corrected chi connectivity index (χ4v) is 3.30. The van der Waals surface area contributed by atoms with Gasteiger partial charge < -0.3 is 0 Å². The van der Waals surface area contributed by atoms with E-state index in [2.05, 4.69) is 110 Å². The molecule has 1 unspecified atom stereocenters. The van der Waals surface area contributed by atoms with Crippen LogP contribution in [0.3, 0.4) is 0 Å². The highest BCUT2D eigenvalue weighted by Gasteiger charge is 2.34. The number of hydrogen-bond acceptors (Lipinski definition) is 0. The second-order valence-electron chi connectivity index (χ2n) is 11.4. The molecule has 2 aromatic rings. The van der Waals surface area contributed by atoms with Crippen LogP contribution in [0, 0.1) is 18.8 Å². The highest BCUT2D eigenvalue weighted by Crippen LogP contribution is 2.29. The van der Waals surface area contributed by atoms with Gasteiger partial charge in [-0.15, -0.1) is 6.58 Å². The zero-order valence-corrected chi connectivity index (χ0v) is 31.1. The highest BCUT2D eigenvalue weighted by atomic mass is 19.4. The molecule has 2 rings (SSSR count). The lowest BCUT2D eigenvalue weighted by Gasteiger charge is -2.14. The molecule has 0 amide bonds. The van der Waals surface area contributed by atoms with Crippen LogP contribution in [0.25, 0.3) is 11.1 Å². The molecule has 0 bridgehead atoms. The Morgan fingerprint density at radius 2 is 1.39 bits per heavy atom. The molecule has 0 aromatic heterocycles. The minimum Gasteiger partial charge on any atom is -0.171 e. The van der Waals surface area contributed by atoms with Crippen molar-refractivity contribution >= 4 is 0 Å².